The Bertz CT molecular complexity index is 1300. The van der Waals surface area contributed by atoms with Gasteiger partial charge in [-0.15, -0.1) is 0 Å². The van der Waals surface area contributed by atoms with Crippen molar-refractivity contribution in [1.82, 2.24) is 30.4 Å². The molecule has 0 saturated carbocycles. The van der Waals surface area contributed by atoms with Gasteiger partial charge in [0.1, 0.15) is 12.4 Å². The van der Waals surface area contributed by atoms with E-state index in [9.17, 15) is 4.79 Å². The Morgan fingerprint density at radius 1 is 1.17 bits per heavy atom. The molecule has 3 N–H and O–H groups in total. The van der Waals surface area contributed by atoms with E-state index in [1.165, 1.54) is 0 Å². The van der Waals surface area contributed by atoms with E-state index < -0.39 is 6.61 Å². The number of benzene rings is 1. The maximum atomic E-state index is 11.6. The average molecular weight is 473 g/mol. The Labute approximate surface area is 203 Å². The van der Waals surface area contributed by atoms with Crippen LogP contribution in [0.5, 0.6) is 11.6 Å². The van der Waals surface area contributed by atoms with Gasteiger partial charge in [0.2, 0.25) is 11.8 Å². The Morgan fingerprint density at radius 2 is 2.03 bits per heavy atom. The lowest BCUT2D eigenvalue weighted by Crippen LogP contribution is -2.53. The van der Waals surface area contributed by atoms with E-state index in [-0.39, 0.29) is 11.4 Å². The number of aliphatic hydroxyl groups excluding tert-OH is 1. The van der Waals surface area contributed by atoms with Crippen molar-refractivity contribution in [3.8, 4) is 22.9 Å². The molecule has 9 nitrogen and oxygen atoms in total. The lowest BCUT2D eigenvalue weighted by atomic mass is 9.89. The molecule has 0 radical (unpaired) electrons. The number of likely N-dealkylation sites (tertiary alicyclic amines) is 1. The number of fused-ring (bicyclic) bond motifs is 1. The fraction of sp³-hybridized carbons (Fsp3) is 0.308. The molecular weight excluding hydrogens is 444 g/mol. The highest BCUT2D eigenvalue weighted by atomic mass is 16.5. The first-order valence-corrected chi connectivity index (χ1v) is 11.7. The first-order chi connectivity index (χ1) is 17.0. The minimum absolute atomic E-state index is 0.266. The molecule has 0 unspecified atom stereocenters. The van der Waals surface area contributed by atoms with Crippen molar-refractivity contribution in [2.75, 3.05) is 19.7 Å². The van der Waals surface area contributed by atoms with E-state index in [2.05, 4.69) is 31.5 Å². The van der Waals surface area contributed by atoms with Crippen molar-refractivity contribution in [1.29, 1.82) is 0 Å². The number of carbonyl (C=O) groups excluding carboxylic acids is 1. The van der Waals surface area contributed by atoms with E-state index in [0.717, 1.165) is 60.3 Å². The van der Waals surface area contributed by atoms with Gasteiger partial charge in [0.25, 0.3) is 0 Å². The number of nitrogens with zero attached hydrogens (tertiary/aromatic N) is 4. The molecule has 4 heterocycles. The maximum absolute atomic E-state index is 11.6. The molecule has 5 rings (SSSR count). The third-order valence-corrected chi connectivity index (χ3v) is 6.42. The van der Waals surface area contributed by atoms with E-state index in [1.54, 1.807) is 12.4 Å². The smallest absolute Gasteiger partial charge is 0.246 e. The summed E-state index contributed by atoms with van der Waals surface area (Å²) in [4.78, 5) is 23.1. The van der Waals surface area contributed by atoms with Crippen molar-refractivity contribution < 1.29 is 14.6 Å². The molecule has 3 aromatic heterocycles. The van der Waals surface area contributed by atoms with Gasteiger partial charge in [0, 0.05) is 54.6 Å². The van der Waals surface area contributed by atoms with Crippen LogP contribution >= 0.6 is 0 Å². The zero-order valence-corrected chi connectivity index (χ0v) is 19.6. The van der Waals surface area contributed by atoms with Gasteiger partial charge in [-0.3, -0.25) is 19.8 Å². The summed E-state index contributed by atoms with van der Waals surface area (Å²) in [5.41, 5.74) is 3.50. The summed E-state index contributed by atoms with van der Waals surface area (Å²) in [7, 11) is 0. The number of hydrogen-bond acceptors (Lipinski definition) is 7. The van der Waals surface area contributed by atoms with Crippen molar-refractivity contribution in [3.05, 3.63) is 66.6 Å². The van der Waals surface area contributed by atoms with E-state index in [0.29, 0.717) is 11.6 Å². The number of piperidine rings is 1. The number of amides is 1. The summed E-state index contributed by atoms with van der Waals surface area (Å²) in [6.07, 6.45) is 5.13. The Balaban J connectivity index is 1.20. The van der Waals surface area contributed by atoms with E-state index >= 15 is 0 Å². The van der Waals surface area contributed by atoms with Crippen molar-refractivity contribution in [2.45, 2.75) is 31.8 Å². The molecule has 1 aliphatic heterocycles. The highest BCUT2D eigenvalue weighted by Gasteiger charge is 2.31. The second-order valence-corrected chi connectivity index (χ2v) is 9.16. The van der Waals surface area contributed by atoms with Crippen LogP contribution in [-0.4, -0.2) is 61.3 Å². The molecule has 1 amide bonds. The summed E-state index contributed by atoms with van der Waals surface area (Å²) >= 11 is 0. The van der Waals surface area contributed by atoms with Gasteiger partial charge in [-0.05, 0) is 56.2 Å². The van der Waals surface area contributed by atoms with Crippen LogP contribution in [0, 0.1) is 0 Å². The number of carbonyl (C=O) groups is 1. The van der Waals surface area contributed by atoms with Crippen LogP contribution in [0.4, 0.5) is 0 Å². The summed E-state index contributed by atoms with van der Waals surface area (Å²) < 4.78 is 5.95. The summed E-state index contributed by atoms with van der Waals surface area (Å²) in [5, 5.41) is 19.8. The SMILES string of the molecule is CC1(NC(=O)CO)CCN(Cc2ccc3cc(Oc4ccc(-c5ccn[nH]5)cn4)ccc3n2)CC1. The predicted octanol–water partition coefficient (Wildman–Crippen LogP) is 3.28. The predicted molar refractivity (Wildman–Crippen MR) is 132 cm³/mol. The maximum Gasteiger partial charge on any atom is 0.246 e. The van der Waals surface area contributed by atoms with Gasteiger partial charge in [0.15, 0.2) is 0 Å². The molecule has 0 spiro atoms. The molecule has 1 fully saturated rings. The first kappa shape index (κ1) is 22.9. The zero-order valence-electron chi connectivity index (χ0n) is 19.6. The molecule has 0 atom stereocenters. The van der Waals surface area contributed by atoms with Crippen LogP contribution in [0.15, 0.2) is 60.9 Å². The number of aliphatic hydroxyl groups is 1. The standard InChI is InChI=1S/C26H28N6O3/c1-26(30-24(34)17-33)9-12-32(13-10-26)16-20-4-2-18-14-21(5-6-22(18)29-20)35-25-7-3-19(15-27-25)23-8-11-28-31-23/h2-8,11,14-15,33H,9-10,12-13,16-17H2,1H3,(H,28,31)(H,30,34). The topological polar surface area (TPSA) is 116 Å². The van der Waals surface area contributed by atoms with Crippen molar-refractivity contribution in [3.63, 3.8) is 0 Å². The van der Waals surface area contributed by atoms with E-state index in [4.69, 9.17) is 14.8 Å². The van der Waals surface area contributed by atoms with Gasteiger partial charge in [-0.1, -0.05) is 6.07 Å². The number of nitrogens with one attached hydrogen (secondary N) is 2. The monoisotopic (exact) mass is 472 g/mol. The van der Waals surface area contributed by atoms with Gasteiger partial charge < -0.3 is 15.2 Å². The molecule has 4 aromatic rings. The quantitative estimate of drug-likeness (QED) is 0.378. The lowest BCUT2D eigenvalue weighted by molar-refractivity contribution is -0.126. The fourth-order valence-electron chi connectivity index (χ4n) is 4.37. The zero-order chi connectivity index (χ0) is 24.3. The van der Waals surface area contributed by atoms with Gasteiger partial charge in [-0.2, -0.15) is 5.10 Å². The van der Waals surface area contributed by atoms with Crippen LogP contribution in [0.2, 0.25) is 0 Å². The van der Waals surface area contributed by atoms with Gasteiger partial charge >= 0.3 is 0 Å². The molecule has 0 bridgehead atoms. The average Bonchev–Trinajstić information content (AvgIpc) is 3.41. The minimum atomic E-state index is -0.470. The molecule has 35 heavy (non-hydrogen) atoms. The Kier molecular flexibility index (Phi) is 6.43. The van der Waals surface area contributed by atoms with Crippen LogP contribution in [-0.2, 0) is 11.3 Å². The number of ether oxygens (including phenoxy) is 1. The molecular formula is C26H28N6O3. The second-order valence-electron chi connectivity index (χ2n) is 9.16. The van der Waals surface area contributed by atoms with Gasteiger partial charge in [0.05, 0.1) is 16.9 Å². The first-order valence-electron chi connectivity index (χ1n) is 11.7. The summed E-state index contributed by atoms with van der Waals surface area (Å²) in [5.74, 6) is 0.904. The number of pyridine rings is 2. The van der Waals surface area contributed by atoms with Crippen LogP contribution in [0.25, 0.3) is 22.2 Å². The molecule has 9 heteroatoms. The normalized spacial score (nSPS) is 15.7. The van der Waals surface area contributed by atoms with Crippen LogP contribution < -0.4 is 10.1 Å². The third-order valence-electron chi connectivity index (χ3n) is 6.42. The summed E-state index contributed by atoms with van der Waals surface area (Å²) in [6.45, 7) is 4.05. The number of rotatable bonds is 7. The number of aromatic amines is 1. The lowest BCUT2D eigenvalue weighted by Gasteiger charge is -2.39. The number of hydrogen-bond donors (Lipinski definition) is 3. The highest BCUT2D eigenvalue weighted by molar-refractivity contribution is 5.80. The van der Waals surface area contributed by atoms with Crippen molar-refractivity contribution in [2.24, 2.45) is 0 Å². The molecule has 0 aliphatic carbocycles. The number of aromatic nitrogens is 4. The fourth-order valence-corrected chi connectivity index (χ4v) is 4.37. The van der Waals surface area contributed by atoms with Crippen LogP contribution in [0.1, 0.15) is 25.5 Å². The minimum Gasteiger partial charge on any atom is -0.439 e. The Hall–Kier alpha value is -3.82. The number of H-pyrrole nitrogens is 1. The molecule has 1 aliphatic rings. The molecule has 1 aromatic carbocycles. The third kappa shape index (κ3) is 5.47. The largest absolute Gasteiger partial charge is 0.439 e. The summed E-state index contributed by atoms with van der Waals surface area (Å²) in [6, 6.07) is 15.6. The van der Waals surface area contributed by atoms with E-state index in [1.807, 2.05) is 49.4 Å². The van der Waals surface area contributed by atoms with Crippen molar-refractivity contribution >= 4 is 16.8 Å². The van der Waals surface area contributed by atoms with Crippen LogP contribution in [0.3, 0.4) is 0 Å². The Morgan fingerprint density at radius 3 is 2.74 bits per heavy atom. The van der Waals surface area contributed by atoms with Gasteiger partial charge in [-0.25, -0.2) is 4.98 Å². The molecule has 1 saturated heterocycles. The highest BCUT2D eigenvalue weighted by Crippen LogP contribution is 2.27. The second kappa shape index (κ2) is 9.81. The molecule has 180 valence electrons.